The molecule has 0 aliphatic heterocycles. The van der Waals surface area contributed by atoms with E-state index in [1.165, 1.54) is 21.3 Å². The zero-order valence-electron chi connectivity index (χ0n) is 13.9. The average molecular weight is 328 g/mol. The fourth-order valence-corrected chi connectivity index (χ4v) is 2.14. The maximum absolute atomic E-state index is 12.3. The topological polar surface area (TPSA) is 54.0 Å². The molecule has 2 aromatic carbocycles. The van der Waals surface area contributed by atoms with Crippen molar-refractivity contribution < 1.29 is 23.7 Å². The van der Waals surface area contributed by atoms with Crippen molar-refractivity contribution in [3.05, 3.63) is 59.7 Å². The lowest BCUT2D eigenvalue weighted by atomic mass is 10.1. The Hall–Kier alpha value is -2.95. The molecule has 0 saturated carbocycles. The summed E-state index contributed by atoms with van der Waals surface area (Å²) < 4.78 is 20.9. The van der Waals surface area contributed by atoms with Gasteiger partial charge in [0.05, 0.1) is 21.3 Å². The first-order valence-electron chi connectivity index (χ1n) is 7.38. The van der Waals surface area contributed by atoms with Gasteiger partial charge in [0.15, 0.2) is 11.5 Å². The second kappa shape index (κ2) is 8.62. The van der Waals surface area contributed by atoms with E-state index in [2.05, 4.69) is 0 Å². The van der Waals surface area contributed by atoms with Gasteiger partial charge in [-0.25, -0.2) is 4.79 Å². The Kier molecular flexibility index (Phi) is 6.25. The highest BCUT2D eigenvalue weighted by molar-refractivity contribution is 5.93. The molecule has 0 bridgehead atoms. The predicted octanol–water partition coefficient (Wildman–Crippen LogP) is 3.58. The number of hydrogen-bond donors (Lipinski definition) is 0. The second-order valence-electron chi connectivity index (χ2n) is 4.82. The molecule has 0 amide bonds. The average Bonchev–Trinajstić information content (AvgIpc) is 2.64. The summed E-state index contributed by atoms with van der Waals surface area (Å²) in [6.07, 6.45) is 3.67. The van der Waals surface area contributed by atoms with E-state index in [9.17, 15) is 4.79 Å². The minimum atomic E-state index is -0.495. The zero-order chi connectivity index (χ0) is 17.4. The van der Waals surface area contributed by atoms with Crippen LogP contribution in [0.1, 0.15) is 15.9 Å². The van der Waals surface area contributed by atoms with Gasteiger partial charge >= 0.3 is 5.97 Å². The summed E-state index contributed by atoms with van der Waals surface area (Å²) in [5, 5.41) is 0. The molecule has 0 radical (unpaired) electrons. The van der Waals surface area contributed by atoms with Crippen molar-refractivity contribution in [2.75, 3.05) is 27.9 Å². The van der Waals surface area contributed by atoms with Crippen LogP contribution in [0.2, 0.25) is 0 Å². The summed E-state index contributed by atoms with van der Waals surface area (Å²) >= 11 is 0. The maximum Gasteiger partial charge on any atom is 0.342 e. The monoisotopic (exact) mass is 328 g/mol. The number of hydrogen-bond acceptors (Lipinski definition) is 5. The molecule has 0 atom stereocenters. The van der Waals surface area contributed by atoms with Crippen LogP contribution >= 0.6 is 0 Å². The van der Waals surface area contributed by atoms with Crippen LogP contribution in [0, 0.1) is 0 Å². The second-order valence-corrected chi connectivity index (χ2v) is 4.82. The van der Waals surface area contributed by atoms with Crippen LogP contribution in [-0.2, 0) is 4.74 Å². The smallest absolute Gasteiger partial charge is 0.342 e. The van der Waals surface area contributed by atoms with Gasteiger partial charge < -0.3 is 18.9 Å². The van der Waals surface area contributed by atoms with Gasteiger partial charge in [0.2, 0.25) is 0 Å². The van der Waals surface area contributed by atoms with Gasteiger partial charge in [-0.2, -0.15) is 0 Å². The predicted molar refractivity (Wildman–Crippen MR) is 91.9 cm³/mol. The van der Waals surface area contributed by atoms with Gasteiger partial charge in [-0.15, -0.1) is 0 Å². The van der Waals surface area contributed by atoms with E-state index in [0.29, 0.717) is 17.2 Å². The van der Waals surface area contributed by atoms with Gasteiger partial charge in [-0.1, -0.05) is 36.4 Å². The lowest BCUT2D eigenvalue weighted by Gasteiger charge is -2.13. The Bertz CT molecular complexity index is 707. The minimum Gasteiger partial charge on any atom is -0.496 e. The third-order valence-corrected chi connectivity index (χ3v) is 3.35. The molecule has 0 saturated heterocycles. The van der Waals surface area contributed by atoms with Gasteiger partial charge in [0.25, 0.3) is 0 Å². The Morgan fingerprint density at radius 1 is 0.917 bits per heavy atom. The first-order chi connectivity index (χ1) is 11.7. The largest absolute Gasteiger partial charge is 0.496 e. The van der Waals surface area contributed by atoms with Gasteiger partial charge in [-0.3, -0.25) is 0 Å². The molecule has 0 aromatic heterocycles. The van der Waals surface area contributed by atoms with E-state index in [1.54, 1.807) is 18.2 Å². The van der Waals surface area contributed by atoms with Crippen LogP contribution in [0.4, 0.5) is 0 Å². The number of esters is 1. The highest BCUT2D eigenvalue weighted by Gasteiger charge is 2.18. The first kappa shape index (κ1) is 17.4. The van der Waals surface area contributed by atoms with E-state index >= 15 is 0 Å². The summed E-state index contributed by atoms with van der Waals surface area (Å²) in [5.74, 6) is 0.787. The lowest BCUT2D eigenvalue weighted by Crippen LogP contribution is -2.08. The summed E-state index contributed by atoms with van der Waals surface area (Å²) in [4.78, 5) is 12.3. The van der Waals surface area contributed by atoms with E-state index in [4.69, 9.17) is 18.9 Å². The Balaban J connectivity index is 2.07. The molecule has 2 aromatic rings. The SMILES string of the molecule is COc1cc(OC)c(C(=O)OC/C=C/c2ccccc2)cc1OC. The third kappa shape index (κ3) is 4.29. The summed E-state index contributed by atoms with van der Waals surface area (Å²) in [6, 6.07) is 12.9. The summed E-state index contributed by atoms with van der Waals surface area (Å²) in [6.45, 7) is 0.158. The van der Waals surface area contributed by atoms with Crippen molar-refractivity contribution in [1.82, 2.24) is 0 Å². The van der Waals surface area contributed by atoms with Gasteiger partial charge in [0.1, 0.15) is 17.9 Å². The molecule has 24 heavy (non-hydrogen) atoms. The van der Waals surface area contributed by atoms with Crippen molar-refractivity contribution in [3.8, 4) is 17.2 Å². The molecular formula is C19H20O5. The normalized spacial score (nSPS) is 10.5. The molecule has 0 aliphatic carbocycles. The van der Waals surface area contributed by atoms with E-state index in [0.717, 1.165) is 5.56 Å². The Morgan fingerprint density at radius 2 is 1.54 bits per heavy atom. The van der Waals surface area contributed by atoms with Gasteiger partial charge in [0, 0.05) is 12.1 Å². The number of carbonyl (C=O) groups excluding carboxylic acids is 1. The number of carbonyl (C=O) groups is 1. The summed E-state index contributed by atoms with van der Waals surface area (Å²) in [5.41, 5.74) is 1.32. The van der Waals surface area contributed by atoms with E-state index < -0.39 is 5.97 Å². The van der Waals surface area contributed by atoms with E-state index in [-0.39, 0.29) is 12.2 Å². The quantitative estimate of drug-likeness (QED) is 0.727. The van der Waals surface area contributed by atoms with Crippen molar-refractivity contribution in [2.24, 2.45) is 0 Å². The molecular weight excluding hydrogens is 308 g/mol. The molecule has 0 heterocycles. The van der Waals surface area contributed by atoms with Crippen molar-refractivity contribution >= 4 is 12.0 Å². The molecule has 5 heteroatoms. The van der Waals surface area contributed by atoms with Crippen molar-refractivity contribution in [1.29, 1.82) is 0 Å². The minimum absolute atomic E-state index is 0.158. The van der Waals surface area contributed by atoms with E-state index in [1.807, 2.05) is 36.4 Å². The maximum atomic E-state index is 12.3. The lowest BCUT2D eigenvalue weighted by molar-refractivity contribution is 0.0546. The molecule has 2 rings (SSSR count). The Morgan fingerprint density at radius 3 is 2.17 bits per heavy atom. The molecule has 0 fully saturated rings. The molecule has 126 valence electrons. The standard InChI is InChI=1S/C19H20O5/c1-21-16-13-18(23-3)17(22-2)12-15(16)19(20)24-11-7-10-14-8-5-4-6-9-14/h4-10,12-13H,11H2,1-3H3/b10-7+. The molecule has 0 N–H and O–H groups in total. The molecule has 0 aliphatic rings. The first-order valence-corrected chi connectivity index (χ1v) is 7.38. The van der Waals surface area contributed by atoms with Crippen LogP contribution in [0.3, 0.4) is 0 Å². The fourth-order valence-electron chi connectivity index (χ4n) is 2.14. The zero-order valence-corrected chi connectivity index (χ0v) is 13.9. The van der Waals surface area contributed by atoms with Crippen molar-refractivity contribution in [3.63, 3.8) is 0 Å². The fraction of sp³-hybridized carbons (Fsp3) is 0.211. The van der Waals surface area contributed by atoms with Crippen LogP contribution < -0.4 is 14.2 Å². The number of benzene rings is 2. The number of methoxy groups -OCH3 is 3. The van der Waals surface area contributed by atoms with Crippen molar-refractivity contribution in [2.45, 2.75) is 0 Å². The molecule has 5 nitrogen and oxygen atoms in total. The number of ether oxygens (including phenoxy) is 4. The van der Waals surface area contributed by atoms with Crippen LogP contribution in [0.25, 0.3) is 6.08 Å². The van der Waals surface area contributed by atoms with Crippen LogP contribution in [0.5, 0.6) is 17.2 Å². The highest BCUT2D eigenvalue weighted by Crippen LogP contribution is 2.34. The molecule has 0 unspecified atom stereocenters. The third-order valence-electron chi connectivity index (χ3n) is 3.35. The summed E-state index contributed by atoms with van der Waals surface area (Å²) in [7, 11) is 4.50. The highest BCUT2D eigenvalue weighted by atomic mass is 16.5. The van der Waals surface area contributed by atoms with Gasteiger partial charge in [-0.05, 0) is 11.6 Å². The molecule has 0 spiro atoms. The van der Waals surface area contributed by atoms with Crippen LogP contribution in [-0.4, -0.2) is 33.9 Å². The van der Waals surface area contributed by atoms with Crippen LogP contribution in [0.15, 0.2) is 48.5 Å². The Labute approximate surface area is 141 Å². The number of rotatable bonds is 7.